The van der Waals surface area contributed by atoms with Gasteiger partial charge in [0.1, 0.15) is 5.75 Å². The number of hydrogen-bond donors (Lipinski definition) is 2. The Morgan fingerprint density at radius 3 is 2.59 bits per heavy atom. The number of likely N-dealkylation sites (tertiary alicyclic amines) is 1. The largest absolute Gasteiger partial charge is 0.497 e. The van der Waals surface area contributed by atoms with Crippen LogP contribution in [0.2, 0.25) is 0 Å². The summed E-state index contributed by atoms with van der Waals surface area (Å²) in [7, 11) is 1.63. The van der Waals surface area contributed by atoms with Gasteiger partial charge in [-0.3, -0.25) is 9.69 Å². The van der Waals surface area contributed by atoms with Gasteiger partial charge < -0.3 is 15.4 Å². The standard InChI is InChI=1S/C21H29N3O2S/c1-16(14-21(25)23-17-7-9-18(26-2)10-8-17)22-15-19(20-6-5-13-27-20)24-11-3-4-12-24/h5-10,13,16,19,22H,3-4,11-12,14-15H2,1-2H3,(H,23,25)/t16-,19+/m1/s1. The quantitative estimate of drug-likeness (QED) is 0.685. The van der Waals surface area contributed by atoms with Crippen LogP contribution < -0.4 is 15.4 Å². The number of nitrogens with one attached hydrogen (secondary N) is 2. The fourth-order valence-corrected chi connectivity index (χ4v) is 4.35. The first kappa shape index (κ1) is 19.9. The van der Waals surface area contributed by atoms with Crippen LogP contribution in [0.15, 0.2) is 41.8 Å². The lowest BCUT2D eigenvalue weighted by atomic mass is 10.1. The summed E-state index contributed by atoms with van der Waals surface area (Å²) in [4.78, 5) is 16.3. The highest BCUT2D eigenvalue weighted by Gasteiger charge is 2.24. The summed E-state index contributed by atoms with van der Waals surface area (Å²) >= 11 is 1.82. The van der Waals surface area contributed by atoms with Crippen molar-refractivity contribution in [2.75, 3.05) is 32.1 Å². The maximum Gasteiger partial charge on any atom is 0.225 e. The highest BCUT2D eigenvalue weighted by molar-refractivity contribution is 7.10. The predicted molar refractivity (Wildman–Crippen MR) is 112 cm³/mol. The van der Waals surface area contributed by atoms with Crippen molar-refractivity contribution in [1.29, 1.82) is 0 Å². The lowest BCUT2D eigenvalue weighted by Crippen LogP contribution is -2.38. The zero-order chi connectivity index (χ0) is 19.1. The predicted octanol–water partition coefficient (Wildman–Crippen LogP) is 3.90. The maximum absolute atomic E-state index is 12.3. The Balaban J connectivity index is 1.48. The number of thiophene rings is 1. The van der Waals surface area contributed by atoms with Gasteiger partial charge in [-0.2, -0.15) is 0 Å². The summed E-state index contributed by atoms with van der Waals surface area (Å²) in [5, 5.41) is 8.66. The second kappa shape index (κ2) is 9.88. The van der Waals surface area contributed by atoms with Crippen LogP contribution in [-0.2, 0) is 4.79 Å². The molecule has 3 rings (SSSR count). The highest BCUT2D eigenvalue weighted by Crippen LogP contribution is 2.28. The van der Waals surface area contributed by atoms with E-state index < -0.39 is 0 Å². The summed E-state index contributed by atoms with van der Waals surface area (Å²) in [6.07, 6.45) is 3.01. The Labute approximate surface area is 165 Å². The van der Waals surface area contributed by atoms with Crippen molar-refractivity contribution < 1.29 is 9.53 Å². The topological polar surface area (TPSA) is 53.6 Å². The zero-order valence-electron chi connectivity index (χ0n) is 16.1. The molecule has 6 heteroatoms. The molecule has 0 radical (unpaired) electrons. The van der Waals surface area contributed by atoms with E-state index in [1.54, 1.807) is 7.11 Å². The van der Waals surface area contributed by atoms with Gasteiger partial charge >= 0.3 is 0 Å². The first-order valence-electron chi connectivity index (χ1n) is 9.60. The summed E-state index contributed by atoms with van der Waals surface area (Å²) in [5.41, 5.74) is 0.793. The Hall–Kier alpha value is -1.89. The van der Waals surface area contributed by atoms with Crippen LogP contribution >= 0.6 is 11.3 Å². The van der Waals surface area contributed by atoms with Crippen molar-refractivity contribution in [3.8, 4) is 5.75 Å². The lowest BCUT2D eigenvalue weighted by molar-refractivity contribution is -0.116. The summed E-state index contributed by atoms with van der Waals surface area (Å²) < 4.78 is 5.14. The number of anilines is 1. The van der Waals surface area contributed by atoms with Crippen LogP contribution in [0.4, 0.5) is 5.69 Å². The number of methoxy groups -OCH3 is 1. The number of benzene rings is 1. The molecule has 146 valence electrons. The number of amides is 1. The van der Waals surface area contributed by atoms with E-state index >= 15 is 0 Å². The van der Waals surface area contributed by atoms with Crippen molar-refractivity contribution in [2.24, 2.45) is 0 Å². The van der Waals surface area contributed by atoms with Gasteiger partial charge in [-0.15, -0.1) is 11.3 Å². The molecule has 0 saturated carbocycles. The molecule has 2 aromatic rings. The molecule has 1 aliphatic heterocycles. The van der Waals surface area contributed by atoms with Crippen molar-refractivity contribution in [2.45, 2.75) is 38.3 Å². The summed E-state index contributed by atoms with van der Waals surface area (Å²) in [5.74, 6) is 0.804. The van der Waals surface area contributed by atoms with Crippen molar-refractivity contribution in [3.05, 3.63) is 46.7 Å². The molecule has 1 aliphatic rings. The molecule has 27 heavy (non-hydrogen) atoms. The van der Waals surface area contributed by atoms with Crippen molar-refractivity contribution >= 4 is 22.9 Å². The second-order valence-corrected chi connectivity index (χ2v) is 8.04. The van der Waals surface area contributed by atoms with Gasteiger partial charge in [-0.1, -0.05) is 6.07 Å². The number of nitrogens with zero attached hydrogens (tertiary/aromatic N) is 1. The average Bonchev–Trinajstić information content (AvgIpc) is 3.37. The summed E-state index contributed by atoms with van der Waals surface area (Å²) in [6, 6.07) is 12.3. The Kier molecular flexibility index (Phi) is 7.26. The third-order valence-corrected chi connectivity index (χ3v) is 5.95. The number of carbonyl (C=O) groups is 1. The van der Waals surface area contributed by atoms with Gasteiger partial charge in [-0.25, -0.2) is 0 Å². The van der Waals surface area contributed by atoms with E-state index in [1.165, 1.54) is 17.7 Å². The van der Waals surface area contributed by atoms with Crippen LogP contribution in [0.5, 0.6) is 5.75 Å². The van der Waals surface area contributed by atoms with Crippen LogP contribution in [0.25, 0.3) is 0 Å². The van der Waals surface area contributed by atoms with E-state index in [-0.39, 0.29) is 11.9 Å². The first-order valence-corrected chi connectivity index (χ1v) is 10.5. The van der Waals surface area contributed by atoms with Gasteiger partial charge in [0, 0.05) is 29.6 Å². The normalized spacial score (nSPS) is 16.8. The molecule has 0 spiro atoms. The zero-order valence-corrected chi connectivity index (χ0v) is 16.9. The molecule has 0 unspecified atom stereocenters. The SMILES string of the molecule is COc1ccc(NC(=O)C[C@@H](C)NC[C@@H](c2cccs2)N2CCCC2)cc1. The van der Waals surface area contributed by atoms with E-state index in [9.17, 15) is 4.79 Å². The second-order valence-electron chi connectivity index (χ2n) is 7.06. The van der Waals surface area contributed by atoms with Crippen molar-refractivity contribution in [1.82, 2.24) is 10.2 Å². The lowest BCUT2D eigenvalue weighted by Gasteiger charge is -2.28. The number of rotatable bonds is 9. The number of hydrogen-bond acceptors (Lipinski definition) is 5. The van der Waals surface area contributed by atoms with Crippen molar-refractivity contribution in [3.63, 3.8) is 0 Å². The molecule has 2 heterocycles. The molecular weight excluding hydrogens is 358 g/mol. The Morgan fingerprint density at radius 1 is 1.22 bits per heavy atom. The minimum absolute atomic E-state index is 0.0222. The van der Waals surface area contributed by atoms with Crippen LogP contribution in [0, 0.1) is 0 Å². The molecule has 2 atom stereocenters. The molecule has 1 aromatic heterocycles. The molecule has 1 amide bonds. The molecule has 5 nitrogen and oxygen atoms in total. The molecule has 1 aromatic carbocycles. The smallest absolute Gasteiger partial charge is 0.225 e. The van der Waals surface area contributed by atoms with E-state index in [4.69, 9.17) is 4.74 Å². The fourth-order valence-electron chi connectivity index (χ4n) is 3.49. The minimum atomic E-state index is 0.0222. The Morgan fingerprint density at radius 2 is 1.96 bits per heavy atom. The number of carbonyl (C=O) groups excluding carboxylic acids is 1. The van der Waals surface area contributed by atoms with Gasteiger partial charge in [0.15, 0.2) is 0 Å². The summed E-state index contributed by atoms with van der Waals surface area (Å²) in [6.45, 7) is 5.27. The average molecular weight is 388 g/mol. The van der Waals surface area contributed by atoms with Gasteiger partial charge in [0.25, 0.3) is 0 Å². The molecular formula is C21H29N3O2S. The van der Waals surface area contributed by atoms with Crippen LogP contribution in [0.3, 0.4) is 0 Å². The monoisotopic (exact) mass is 387 g/mol. The van der Waals surface area contributed by atoms with E-state index in [2.05, 4.69) is 40.0 Å². The third kappa shape index (κ3) is 5.79. The minimum Gasteiger partial charge on any atom is -0.497 e. The fraction of sp³-hybridized carbons (Fsp3) is 0.476. The van der Waals surface area contributed by atoms with E-state index in [0.717, 1.165) is 31.1 Å². The van der Waals surface area contributed by atoms with Gasteiger partial charge in [0.2, 0.25) is 5.91 Å². The molecule has 1 fully saturated rings. The van der Waals surface area contributed by atoms with E-state index in [1.807, 2.05) is 35.6 Å². The van der Waals surface area contributed by atoms with Crippen LogP contribution in [-0.4, -0.2) is 43.6 Å². The highest BCUT2D eigenvalue weighted by atomic mass is 32.1. The molecule has 0 bridgehead atoms. The maximum atomic E-state index is 12.3. The van der Waals surface area contributed by atoms with E-state index in [0.29, 0.717) is 12.5 Å². The Bertz CT molecular complexity index is 697. The van der Waals surface area contributed by atoms with Crippen LogP contribution in [0.1, 0.15) is 37.1 Å². The third-order valence-electron chi connectivity index (χ3n) is 4.98. The van der Waals surface area contributed by atoms with Gasteiger partial charge in [-0.05, 0) is 68.6 Å². The first-order chi connectivity index (χ1) is 13.2. The molecule has 1 saturated heterocycles. The molecule has 0 aliphatic carbocycles. The van der Waals surface area contributed by atoms with Gasteiger partial charge in [0.05, 0.1) is 13.2 Å². The molecule has 2 N–H and O–H groups in total. The number of ether oxygens (including phenoxy) is 1.